The Balaban J connectivity index is 2.20. The first-order chi connectivity index (χ1) is 11.4. The highest BCUT2D eigenvalue weighted by atomic mass is 127. The molecule has 8 heteroatoms. The number of carbonyl (C=O) groups excluding carboxylic acids is 2. The number of amides is 1. The van der Waals surface area contributed by atoms with Crippen molar-refractivity contribution in [1.29, 1.82) is 0 Å². The van der Waals surface area contributed by atoms with Gasteiger partial charge in [0, 0.05) is 10.5 Å². The maximum Gasteiger partial charge on any atom is 0.383 e. The maximum atomic E-state index is 12.2. The first-order valence-electron chi connectivity index (χ1n) is 6.85. The molecule has 0 radical (unpaired) electrons. The van der Waals surface area contributed by atoms with E-state index in [4.69, 9.17) is 4.74 Å². The van der Waals surface area contributed by atoms with Crippen molar-refractivity contribution in [3.63, 3.8) is 0 Å². The molecule has 124 valence electrons. The zero-order chi connectivity index (χ0) is 17.7. The molecule has 24 heavy (non-hydrogen) atoms. The fourth-order valence-corrected chi connectivity index (χ4v) is 2.60. The molecule has 0 saturated carbocycles. The van der Waals surface area contributed by atoms with Crippen molar-refractivity contribution < 1.29 is 19.2 Å². The van der Waals surface area contributed by atoms with E-state index in [1.54, 1.807) is 24.3 Å². The van der Waals surface area contributed by atoms with Crippen molar-refractivity contribution in [1.82, 2.24) is 0 Å². The van der Waals surface area contributed by atoms with E-state index in [1.165, 1.54) is 31.2 Å². The minimum atomic E-state index is -1.58. The Hall–Kier alpha value is -2.49. The van der Waals surface area contributed by atoms with Crippen LogP contribution in [0.5, 0.6) is 0 Å². The number of rotatable bonds is 5. The van der Waals surface area contributed by atoms with Gasteiger partial charge in [0.25, 0.3) is 0 Å². The summed E-state index contributed by atoms with van der Waals surface area (Å²) in [5.74, 6) is -1.05. The SMILES string of the molecule is CC(=O)Nc1ccc(C(=O)OC(c2ccccc2)[N+](=O)[O-])cc1I. The molecule has 2 rings (SSSR count). The van der Waals surface area contributed by atoms with Crippen LogP contribution in [0, 0.1) is 13.7 Å². The smallest absolute Gasteiger partial charge is 0.383 e. The average Bonchev–Trinajstić information content (AvgIpc) is 2.54. The van der Waals surface area contributed by atoms with Crippen molar-refractivity contribution in [2.24, 2.45) is 0 Å². The van der Waals surface area contributed by atoms with E-state index < -0.39 is 17.1 Å². The van der Waals surface area contributed by atoms with Gasteiger partial charge in [-0.25, -0.2) is 4.79 Å². The van der Waals surface area contributed by atoms with Crippen molar-refractivity contribution in [2.75, 3.05) is 5.32 Å². The summed E-state index contributed by atoms with van der Waals surface area (Å²) in [6, 6.07) is 12.5. The van der Waals surface area contributed by atoms with Crippen LogP contribution in [-0.4, -0.2) is 16.8 Å². The second-order valence-electron chi connectivity index (χ2n) is 4.83. The van der Waals surface area contributed by atoms with Gasteiger partial charge < -0.3 is 10.1 Å². The molecule has 1 atom stereocenters. The lowest BCUT2D eigenvalue weighted by molar-refractivity contribution is -0.574. The number of nitro groups is 1. The van der Waals surface area contributed by atoms with Crippen LogP contribution in [0.25, 0.3) is 0 Å². The van der Waals surface area contributed by atoms with Crippen LogP contribution < -0.4 is 5.32 Å². The molecule has 1 amide bonds. The first kappa shape index (κ1) is 17.9. The number of anilines is 1. The lowest BCUT2D eigenvalue weighted by atomic mass is 10.2. The molecule has 0 saturated heterocycles. The molecule has 0 aromatic heterocycles. The normalized spacial score (nSPS) is 11.4. The van der Waals surface area contributed by atoms with Crippen molar-refractivity contribution in [2.45, 2.75) is 13.2 Å². The predicted octanol–water partition coefficient (Wildman–Crippen LogP) is 3.38. The number of benzene rings is 2. The topological polar surface area (TPSA) is 98.5 Å². The highest BCUT2D eigenvalue weighted by molar-refractivity contribution is 14.1. The van der Waals surface area contributed by atoms with Gasteiger partial charge in [0.1, 0.15) is 0 Å². The molecule has 2 aromatic carbocycles. The fraction of sp³-hybridized carbons (Fsp3) is 0.125. The molecule has 0 aliphatic heterocycles. The summed E-state index contributed by atoms with van der Waals surface area (Å²) >= 11 is 1.95. The fourth-order valence-electron chi connectivity index (χ4n) is 1.95. The first-order valence-corrected chi connectivity index (χ1v) is 7.93. The standard InChI is InChI=1S/C16H13IN2O5/c1-10(20)18-14-8-7-12(9-13(14)17)16(21)24-15(19(22)23)11-5-3-2-4-6-11/h2-9,15H,1H3,(H,18,20). The second-order valence-corrected chi connectivity index (χ2v) is 5.99. The van der Waals surface area contributed by atoms with Gasteiger partial charge in [0.15, 0.2) is 0 Å². The van der Waals surface area contributed by atoms with Gasteiger partial charge in [-0.3, -0.25) is 14.9 Å². The zero-order valence-electron chi connectivity index (χ0n) is 12.6. The minimum Gasteiger partial charge on any atom is -0.390 e. The number of ether oxygens (including phenoxy) is 1. The molecule has 0 heterocycles. The molecule has 0 spiro atoms. The van der Waals surface area contributed by atoms with Crippen molar-refractivity contribution in [3.8, 4) is 0 Å². The third-order valence-corrected chi connectivity index (χ3v) is 3.90. The van der Waals surface area contributed by atoms with Crippen LogP contribution in [0.15, 0.2) is 48.5 Å². The molecule has 1 unspecified atom stereocenters. The van der Waals surface area contributed by atoms with Gasteiger partial charge in [-0.2, -0.15) is 0 Å². The van der Waals surface area contributed by atoms with Crippen LogP contribution in [0.2, 0.25) is 0 Å². The van der Waals surface area contributed by atoms with Gasteiger partial charge >= 0.3 is 12.2 Å². The van der Waals surface area contributed by atoms with Gasteiger partial charge in [0.2, 0.25) is 5.91 Å². The Morgan fingerprint density at radius 1 is 1.21 bits per heavy atom. The van der Waals surface area contributed by atoms with E-state index in [9.17, 15) is 19.7 Å². The average molecular weight is 440 g/mol. The summed E-state index contributed by atoms with van der Waals surface area (Å²) in [6.07, 6.45) is -1.58. The predicted molar refractivity (Wildman–Crippen MR) is 95.1 cm³/mol. The summed E-state index contributed by atoms with van der Waals surface area (Å²) in [5.41, 5.74) is 0.991. The van der Waals surface area contributed by atoms with Crippen LogP contribution in [0.1, 0.15) is 29.1 Å². The van der Waals surface area contributed by atoms with E-state index >= 15 is 0 Å². The summed E-state index contributed by atoms with van der Waals surface area (Å²) in [5, 5.41) is 13.8. The number of hydrogen-bond acceptors (Lipinski definition) is 5. The lowest BCUT2D eigenvalue weighted by Crippen LogP contribution is -2.19. The molecule has 0 aliphatic rings. The Kier molecular flexibility index (Phi) is 5.85. The number of esters is 1. The number of halogens is 1. The Morgan fingerprint density at radius 3 is 2.42 bits per heavy atom. The quantitative estimate of drug-likeness (QED) is 0.253. The number of nitrogens with zero attached hydrogens (tertiary/aromatic N) is 1. The number of hydrogen-bond donors (Lipinski definition) is 1. The minimum absolute atomic E-state index is 0.163. The highest BCUT2D eigenvalue weighted by Gasteiger charge is 2.27. The van der Waals surface area contributed by atoms with Gasteiger partial charge in [-0.05, 0) is 52.9 Å². The lowest BCUT2D eigenvalue weighted by Gasteiger charge is -2.12. The molecule has 0 aliphatic carbocycles. The van der Waals surface area contributed by atoms with E-state index in [-0.39, 0.29) is 17.0 Å². The number of nitrogens with one attached hydrogen (secondary N) is 1. The van der Waals surface area contributed by atoms with E-state index in [0.29, 0.717) is 9.26 Å². The van der Waals surface area contributed by atoms with Gasteiger partial charge in [-0.1, -0.05) is 18.2 Å². The van der Waals surface area contributed by atoms with Gasteiger partial charge in [0.05, 0.1) is 21.7 Å². The summed E-state index contributed by atoms with van der Waals surface area (Å²) in [4.78, 5) is 33.8. The van der Waals surface area contributed by atoms with Crippen LogP contribution in [0.3, 0.4) is 0 Å². The van der Waals surface area contributed by atoms with Crippen LogP contribution in [0.4, 0.5) is 5.69 Å². The number of carbonyl (C=O) groups is 2. The van der Waals surface area contributed by atoms with E-state index in [0.717, 1.165) is 0 Å². The third-order valence-electron chi connectivity index (χ3n) is 3.01. The maximum absolute atomic E-state index is 12.2. The summed E-state index contributed by atoms with van der Waals surface area (Å²) in [6.45, 7) is 1.37. The third kappa shape index (κ3) is 4.51. The molecule has 0 fully saturated rings. The van der Waals surface area contributed by atoms with Crippen LogP contribution >= 0.6 is 22.6 Å². The Morgan fingerprint density at radius 2 is 1.88 bits per heavy atom. The van der Waals surface area contributed by atoms with Crippen molar-refractivity contribution in [3.05, 3.63) is 73.3 Å². The Bertz CT molecular complexity index is 779. The van der Waals surface area contributed by atoms with E-state index in [2.05, 4.69) is 5.32 Å². The Labute approximate surface area is 151 Å². The van der Waals surface area contributed by atoms with Crippen LogP contribution in [-0.2, 0) is 9.53 Å². The molecular weight excluding hydrogens is 427 g/mol. The molecular formula is C16H13IN2O5. The monoisotopic (exact) mass is 440 g/mol. The van der Waals surface area contributed by atoms with Crippen molar-refractivity contribution >= 4 is 40.2 Å². The second kappa shape index (κ2) is 7.86. The summed E-state index contributed by atoms with van der Waals surface area (Å²) in [7, 11) is 0. The summed E-state index contributed by atoms with van der Waals surface area (Å²) < 4.78 is 5.65. The zero-order valence-corrected chi connectivity index (χ0v) is 14.7. The molecule has 7 nitrogen and oxygen atoms in total. The highest BCUT2D eigenvalue weighted by Crippen LogP contribution is 2.23. The molecule has 1 N–H and O–H groups in total. The van der Waals surface area contributed by atoms with Gasteiger partial charge in [-0.15, -0.1) is 0 Å². The molecule has 0 bridgehead atoms. The molecule has 2 aromatic rings. The largest absolute Gasteiger partial charge is 0.390 e. The van der Waals surface area contributed by atoms with E-state index in [1.807, 2.05) is 22.6 Å².